The molecule has 0 aliphatic heterocycles. The Labute approximate surface area is 62.2 Å². The van der Waals surface area contributed by atoms with Gasteiger partial charge in [-0.1, -0.05) is 0 Å². The van der Waals surface area contributed by atoms with Gasteiger partial charge in [0.25, 0.3) is 0 Å². The van der Waals surface area contributed by atoms with Crippen molar-refractivity contribution in [1.82, 2.24) is 0 Å². The quantitative estimate of drug-likeness (QED) is 0.637. The Bertz CT molecular complexity index is 143. The largest absolute Gasteiger partial charge is 0.415 e. The number of rotatable bonds is 2. The standard InChI is InChI=1S/C6H10F3NO/c7-6(8,9)5(11)4(10)3-1-2-3/h3-5,11H,1-2,10H2. The van der Waals surface area contributed by atoms with Gasteiger partial charge in [-0.2, -0.15) is 13.2 Å². The van der Waals surface area contributed by atoms with Crippen LogP contribution in [0.25, 0.3) is 0 Å². The first-order valence-electron chi connectivity index (χ1n) is 3.43. The average Bonchev–Trinajstić information content (AvgIpc) is 2.63. The van der Waals surface area contributed by atoms with Crippen LogP contribution in [0.5, 0.6) is 0 Å². The Morgan fingerprint density at radius 1 is 1.36 bits per heavy atom. The molecule has 66 valence electrons. The highest BCUT2D eigenvalue weighted by Gasteiger charge is 2.47. The lowest BCUT2D eigenvalue weighted by molar-refractivity contribution is -0.211. The fourth-order valence-electron chi connectivity index (χ4n) is 0.957. The van der Waals surface area contributed by atoms with Crippen LogP contribution in [-0.4, -0.2) is 23.4 Å². The molecule has 1 rings (SSSR count). The highest BCUT2D eigenvalue weighted by atomic mass is 19.4. The van der Waals surface area contributed by atoms with Crippen LogP contribution >= 0.6 is 0 Å². The number of alkyl halides is 3. The molecule has 1 fully saturated rings. The van der Waals surface area contributed by atoms with Gasteiger partial charge in [-0.15, -0.1) is 0 Å². The molecular formula is C6H10F3NO. The average molecular weight is 169 g/mol. The Hall–Kier alpha value is -0.290. The molecule has 0 bridgehead atoms. The second kappa shape index (κ2) is 2.64. The molecule has 0 radical (unpaired) electrons. The van der Waals surface area contributed by atoms with E-state index >= 15 is 0 Å². The molecule has 0 aromatic heterocycles. The van der Waals surface area contributed by atoms with Crippen LogP contribution in [0.2, 0.25) is 0 Å². The van der Waals surface area contributed by atoms with Gasteiger partial charge in [-0.25, -0.2) is 0 Å². The smallest absolute Gasteiger partial charge is 0.382 e. The molecule has 0 aromatic rings. The Balaban J connectivity index is 2.45. The van der Waals surface area contributed by atoms with Gasteiger partial charge in [0, 0.05) is 6.04 Å². The summed E-state index contributed by atoms with van der Waals surface area (Å²) in [6.07, 6.45) is -5.51. The van der Waals surface area contributed by atoms with Gasteiger partial charge in [-0.05, 0) is 18.8 Å². The highest BCUT2D eigenvalue weighted by Crippen LogP contribution is 2.36. The molecule has 5 heteroatoms. The third kappa shape index (κ3) is 2.07. The van der Waals surface area contributed by atoms with E-state index in [-0.39, 0.29) is 5.92 Å². The Kier molecular flexibility index (Phi) is 2.11. The van der Waals surface area contributed by atoms with Gasteiger partial charge < -0.3 is 10.8 Å². The van der Waals surface area contributed by atoms with Crippen molar-refractivity contribution in [3.63, 3.8) is 0 Å². The van der Waals surface area contributed by atoms with Crippen LogP contribution < -0.4 is 5.73 Å². The molecule has 2 unspecified atom stereocenters. The number of aliphatic hydroxyl groups is 1. The zero-order valence-electron chi connectivity index (χ0n) is 5.80. The van der Waals surface area contributed by atoms with Crippen LogP contribution in [0, 0.1) is 5.92 Å². The molecule has 1 saturated carbocycles. The number of hydrogen-bond acceptors (Lipinski definition) is 2. The first-order valence-corrected chi connectivity index (χ1v) is 3.43. The molecule has 0 spiro atoms. The summed E-state index contributed by atoms with van der Waals surface area (Å²) in [5.74, 6) is -0.133. The summed E-state index contributed by atoms with van der Waals surface area (Å²) < 4.78 is 35.3. The van der Waals surface area contributed by atoms with Gasteiger partial charge in [0.15, 0.2) is 6.10 Å². The lowest BCUT2D eigenvalue weighted by atomic mass is 10.1. The zero-order chi connectivity index (χ0) is 8.65. The normalized spacial score (nSPS) is 24.8. The lowest BCUT2D eigenvalue weighted by Crippen LogP contribution is -2.46. The molecule has 1 aliphatic carbocycles. The molecule has 0 heterocycles. The topological polar surface area (TPSA) is 46.2 Å². The zero-order valence-corrected chi connectivity index (χ0v) is 5.80. The monoisotopic (exact) mass is 169 g/mol. The molecule has 11 heavy (non-hydrogen) atoms. The van der Waals surface area contributed by atoms with Gasteiger partial charge >= 0.3 is 6.18 Å². The van der Waals surface area contributed by atoms with Gasteiger partial charge in [0.2, 0.25) is 0 Å². The second-order valence-electron chi connectivity index (χ2n) is 2.90. The van der Waals surface area contributed by atoms with Gasteiger partial charge in [0.05, 0.1) is 0 Å². The van der Waals surface area contributed by atoms with E-state index in [0.717, 1.165) is 0 Å². The van der Waals surface area contributed by atoms with Crippen LogP contribution in [-0.2, 0) is 0 Å². The molecule has 2 nitrogen and oxygen atoms in total. The SMILES string of the molecule is NC(C1CC1)C(O)C(F)(F)F. The first-order chi connectivity index (χ1) is 4.93. The van der Waals surface area contributed by atoms with E-state index in [1.54, 1.807) is 0 Å². The fraction of sp³-hybridized carbons (Fsp3) is 1.00. The predicted octanol–water partition coefficient (Wildman–Crippen LogP) is 0.647. The second-order valence-corrected chi connectivity index (χ2v) is 2.90. The molecule has 2 atom stereocenters. The molecule has 0 saturated heterocycles. The summed E-state index contributed by atoms with van der Waals surface area (Å²) in [5, 5.41) is 8.61. The summed E-state index contributed by atoms with van der Waals surface area (Å²) in [5.41, 5.74) is 5.14. The summed E-state index contributed by atoms with van der Waals surface area (Å²) in [7, 11) is 0. The van der Waals surface area contributed by atoms with E-state index in [1.807, 2.05) is 0 Å². The van der Waals surface area contributed by atoms with E-state index in [1.165, 1.54) is 0 Å². The molecule has 3 N–H and O–H groups in total. The number of halogens is 3. The molecular weight excluding hydrogens is 159 g/mol. The maximum atomic E-state index is 11.8. The van der Waals surface area contributed by atoms with Crippen molar-refractivity contribution in [2.45, 2.75) is 31.2 Å². The summed E-state index contributed by atoms with van der Waals surface area (Å²) in [4.78, 5) is 0. The third-order valence-electron chi connectivity index (χ3n) is 1.87. The van der Waals surface area contributed by atoms with Gasteiger partial charge in [0.1, 0.15) is 0 Å². The van der Waals surface area contributed by atoms with Crippen LogP contribution in [0.1, 0.15) is 12.8 Å². The van der Waals surface area contributed by atoms with Crippen molar-refractivity contribution in [3.05, 3.63) is 0 Å². The van der Waals surface area contributed by atoms with Crippen molar-refractivity contribution in [1.29, 1.82) is 0 Å². The molecule has 0 aromatic carbocycles. The van der Waals surface area contributed by atoms with Gasteiger partial charge in [-0.3, -0.25) is 0 Å². The van der Waals surface area contributed by atoms with E-state index in [2.05, 4.69) is 0 Å². The van der Waals surface area contributed by atoms with Crippen molar-refractivity contribution in [3.8, 4) is 0 Å². The summed E-state index contributed by atoms with van der Waals surface area (Å²) in [6.45, 7) is 0. The number of nitrogens with two attached hydrogens (primary N) is 1. The number of aliphatic hydroxyl groups excluding tert-OH is 1. The van der Waals surface area contributed by atoms with E-state index in [9.17, 15) is 13.2 Å². The molecule has 0 amide bonds. The van der Waals surface area contributed by atoms with Crippen molar-refractivity contribution >= 4 is 0 Å². The van der Waals surface area contributed by atoms with E-state index < -0.39 is 18.3 Å². The summed E-state index contributed by atoms with van der Waals surface area (Å²) >= 11 is 0. The minimum atomic E-state index is -4.57. The lowest BCUT2D eigenvalue weighted by Gasteiger charge is -2.20. The van der Waals surface area contributed by atoms with Crippen molar-refractivity contribution in [2.24, 2.45) is 11.7 Å². The maximum absolute atomic E-state index is 11.8. The van der Waals surface area contributed by atoms with E-state index in [4.69, 9.17) is 10.8 Å². The summed E-state index contributed by atoms with van der Waals surface area (Å²) in [6, 6.07) is -1.13. The van der Waals surface area contributed by atoms with Crippen molar-refractivity contribution in [2.75, 3.05) is 0 Å². The van der Waals surface area contributed by atoms with Crippen LogP contribution in [0.4, 0.5) is 13.2 Å². The third-order valence-corrected chi connectivity index (χ3v) is 1.87. The Morgan fingerprint density at radius 2 is 1.82 bits per heavy atom. The predicted molar refractivity (Wildman–Crippen MR) is 32.8 cm³/mol. The fourth-order valence-corrected chi connectivity index (χ4v) is 0.957. The maximum Gasteiger partial charge on any atom is 0.415 e. The van der Waals surface area contributed by atoms with Crippen LogP contribution in [0.3, 0.4) is 0 Å². The highest BCUT2D eigenvalue weighted by molar-refractivity contribution is 4.91. The van der Waals surface area contributed by atoms with Crippen LogP contribution in [0.15, 0.2) is 0 Å². The van der Waals surface area contributed by atoms with Crippen molar-refractivity contribution < 1.29 is 18.3 Å². The minimum absolute atomic E-state index is 0.133. The van der Waals surface area contributed by atoms with E-state index in [0.29, 0.717) is 12.8 Å². The minimum Gasteiger partial charge on any atom is -0.382 e. The Morgan fingerprint density at radius 3 is 2.09 bits per heavy atom. The first kappa shape index (κ1) is 8.80. The molecule has 1 aliphatic rings. The number of hydrogen-bond donors (Lipinski definition) is 2.